The molecule has 1 aromatic heterocycles. The van der Waals surface area contributed by atoms with Crippen LogP contribution in [0.25, 0.3) is 11.3 Å². The summed E-state index contributed by atoms with van der Waals surface area (Å²) in [5, 5.41) is 2.77. The molecule has 0 saturated carbocycles. The van der Waals surface area contributed by atoms with Crippen LogP contribution in [0.3, 0.4) is 0 Å². The minimum Gasteiger partial charge on any atom is -0.451 e. The first-order valence-corrected chi connectivity index (χ1v) is 8.72. The Hall–Kier alpha value is -2.67. The van der Waals surface area contributed by atoms with Crippen molar-refractivity contribution in [2.24, 2.45) is 11.7 Å². The third-order valence-corrected chi connectivity index (χ3v) is 4.48. The minimum absolute atomic E-state index is 0.0839. The van der Waals surface area contributed by atoms with Crippen LogP contribution in [0, 0.1) is 11.7 Å². The van der Waals surface area contributed by atoms with Crippen LogP contribution in [-0.4, -0.2) is 42.9 Å². The molecule has 138 valence electrons. The van der Waals surface area contributed by atoms with Gasteiger partial charge in [-0.2, -0.15) is 0 Å². The number of furan rings is 1. The Bertz CT molecular complexity index is 790. The van der Waals surface area contributed by atoms with E-state index >= 15 is 0 Å². The first kappa shape index (κ1) is 18.1. The number of nitrogens with zero attached hydrogens (tertiary/aromatic N) is 1. The smallest absolute Gasteiger partial charge is 0.289 e. The Labute approximate surface area is 151 Å². The number of nitrogens with one attached hydrogen (secondary N) is 1. The van der Waals surface area contributed by atoms with Gasteiger partial charge in [0.05, 0.1) is 11.5 Å². The van der Waals surface area contributed by atoms with Crippen LogP contribution in [0.15, 0.2) is 40.8 Å². The second-order valence-electron chi connectivity index (χ2n) is 6.31. The highest BCUT2D eigenvalue weighted by atomic mass is 19.1. The third-order valence-electron chi connectivity index (χ3n) is 4.48. The van der Waals surface area contributed by atoms with E-state index in [1.807, 2.05) is 0 Å². The van der Waals surface area contributed by atoms with Crippen molar-refractivity contribution in [3.8, 4) is 11.3 Å². The maximum Gasteiger partial charge on any atom is 0.289 e. The summed E-state index contributed by atoms with van der Waals surface area (Å²) in [5.74, 6) is -0.578. The number of nitrogens with two attached hydrogens (primary N) is 1. The molecule has 3 rings (SSSR count). The van der Waals surface area contributed by atoms with Crippen LogP contribution in [0.1, 0.15) is 23.4 Å². The number of likely N-dealkylation sites (tertiary alicyclic amines) is 1. The molecule has 1 unspecified atom stereocenters. The minimum atomic E-state index is -0.407. The number of hydrogen-bond acceptors (Lipinski definition) is 4. The van der Waals surface area contributed by atoms with Crippen LogP contribution >= 0.6 is 0 Å². The van der Waals surface area contributed by atoms with Gasteiger partial charge in [0.25, 0.3) is 5.91 Å². The number of amides is 2. The van der Waals surface area contributed by atoms with E-state index in [-0.39, 0.29) is 23.5 Å². The summed E-state index contributed by atoms with van der Waals surface area (Å²) in [4.78, 5) is 26.4. The monoisotopic (exact) mass is 359 g/mol. The molecule has 1 saturated heterocycles. The van der Waals surface area contributed by atoms with Crippen molar-refractivity contribution in [2.75, 3.05) is 26.2 Å². The zero-order chi connectivity index (χ0) is 18.5. The van der Waals surface area contributed by atoms with Crippen molar-refractivity contribution in [3.63, 3.8) is 0 Å². The van der Waals surface area contributed by atoms with Crippen molar-refractivity contribution < 1.29 is 18.4 Å². The van der Waals surface area contributed by atoms with E-state index in [9.17, 15) is 14.0 Å². The number of piperidine rings is 1. The van der Waals surface area contributed by atoms with Gasteiger partial charge in [-0.05, 0) is 37.1 Å². The van der Waals surface area contributed by atoms with E-state index in [0.29, 0.717) is 37.5 Å². The Kier molecular flexibility index (Phi) is 5.68. The summed E-state index contributed by atoms with van der Waals surface area (Å²) in [5.41, 5.74) is 5.71. The van der Waals surface area contributed by atoms with Gasteiger partial charge in [0.2, 0.25) is 5.91 Å². The molecule has 1 fully saturated rings. The fourth-order valence-electron chi connectivity index (χ4n) is 3.13. The molecule has 1 aliphatic heterocycles. The van der Waals surface area contributed by atoms with Crippen LogP contribution in [-0.2, 0) is 4.79 Å². The molecule has 1 aliphatic rings. The number of hydrogen-bond donors (Lipinski definition) is 2. The summed E-state index contributed by atoms with van der Waals surface area (Å²) in [6, 6.07) is 9.37. The molecule has 1 aromatic carbocycles. The number of carbonyl (C=O) groups excluding carboxylic acids is 2. The van der Waals surface area contributed by atoms with Crippen molar-refractivity contribution in [2.45, 2.75) is 12.8 Å². The van der Waals surface area contributed by atoms with Gasteiger partial charge in [-0.15, -0.1) is 0 Å². The molecule has 0 aliphatic carbocycles. The van der Waals surface area contributed by atoms with E-state index in [4.69, 9.17) is 10.2 Å². The molecule has 2 aromatic rings. The van der Waals surface area contributed by atoms with Crippen molar-refractivity contribution in [3.05, 3.63) is 48.0 Å². The van der Waals surface area contributed by atoms with Crippen molar-refractivity contribution >= 4 is 11.8 Å². The highest BCUT2D eigenvalue weighted by Crippen LogP contribution is 2.26. The Morgan fingerprint density at radius 3 is 2.85 bits per heavy atom. The fraction of sp³-hybridized carbons (Fsp3) is 0.368. The number of benzene rings is 1. The van der Waals surface area contributed by atoms with Crippen LogP contribution in [0.4, 0.5) is 4.39 Å². The highest BCUT2D eigenvalue weighted by Gasteiger charge is 2.30. The molecule has 3 N–H and O–H groups in total. The van der Waals surface area contributed by atoms with Gasteiger partial charge in [0, 0.05) is 26.2 Å². The molecule has 2 heterocycles. The van der Waals surface area contributed by atoms with Crippen LogP contribution in [0.5, 0.6) is 0 Å². The maximum absolute atomic E-state index is 13.9. The van der Waals surface area contributed by atoms with E-state index in [1.54, 1.807) is 35.2 Å². The molecule has 7 heteroatoms. The van der Waals surface area contributed by atoms with Crippen LogP contribution in [0.2, 0.25) is 0 Å². The Balaban J connectivity index is 1.69. The Morgan fingerprint density at radius 1 is 1.27 bits per heavy atom. The van der Waals surface area contributed by atoms with E-state index in [0.717, 1.165) is 12.8 Å². The lowest BCUT2D eigenvalue weighted by molar-refractivity contribution is -0.126. The lowest BCUT2D eigenvalue weighted by Gasteiger charge is -2.31. The zero-order valence-corrected chi connectivity index (χ0v) is 14.4. The lowest BCUT2D eigenvalue weighted by Crippen LogP contribution is -2.46. The quantitative estimate of drug-likeness (QED) is 0.855. The maximum atomic E-state index is 13.9. The SMILES string of the molecule is NCCNC(=O)C1CCCN(C(=O)c2ccc(-c3ccccc3F)o2)C1. The second-order valence-corrected chi connectivity index (χ2v) is 6.31. The average molecular weight is 359 g/mol. The highest BCUT2D eigenvalue weighted by molar-refractivity contribution is 5.92. The predicted octanol–water partition coefficient (Wildman–Crippen LogP) is 2.01. The van der Waals surface area contributed by atoms with Gasteiger partial charge in [-0.25, -0.2) is 4.39 Å². The molecule has 6 nitrogen and oxygen atoms in total. The predicted molar refractivity (Wildman–Crippen MR) is 94.8 cm³/mol. The van der Waals surface area contributed by atoms with Gasteiger partial charge in [0.1, 0.15) is 11.6 Å². The molecule has 26 heavy (non-hydrogen) atoms. The summed E-state index contributed by atoms with van der Waals surface area (Å²) >= 11 is 0. The second kappa shape index (κ2) is 8.14. The molecular weight excluding hydrogens is 337 g/mol. The number of halogens is 1. The molecule has 0 radical (unpaired) electrons. The largest absolute Gasteiger partial charge is 0.451 e. The molecule has 0 spiro atoms. The van der Waals surface area contributed by atoms with Crippen LogP contribution < -0.4 is 11.1 Å². The van der Waals surface area contributed by atoms with Gasteiger partial charge < -0.3 is 20.4 Å². The van der Waals surface area contributed by atoms with E-state index in [2.05, 4.69) is 5.32 Å². The van der Waals surface area contributed by atoms with Gasteiger partial charge in [-0.1, -0.05) is 12.1 Å². The van der Waals surface area contributed by atoms with E-state index < -0.39 is 5.82 Å². The molecule has 1 atom stereocenters. The van der Waals surface area contributed by atoms with Gasteiger partial charge >= 0.3 is 0 Å². The first-order chi connectivity index (χ1) is 12.6. The zero-order valence-electron chi connectivity index (χ0n) is 14.4. The normalized spacial score (nSPS) is 17.2. The third kappa shape index (κ3) is 3.94. The molecular formula is C19H22FN3O3. The fourth-order valence-corrected chi connectivity index (χ4v) is 3.13. The number of rotatable bonds is 5. The van der Waals surface area contributed by atoms with Crippen molar-refractivity contribution in [1.29, 1.82) is 0 Å². The standard InChI is InChI=1S/C19H22FN3O3/c20-15-6-2-1-5-14(15)16-7-8-17(26-16)19(25)23-11-3-4-13(12-23)18(24)22-10-9-21/h1-2,5-8,13H,3-4,9-12,21H2,(H,22,24). The topological polar surface area (TPSA) is 88.6 Å². The van der Waals surface area contributed by atoms with Crippen molar-refractivity contribution in [1.82, 2.24) is 10.2 Å². The first-order valence-electron chi connectivity index (χ1n) is 8.72. The Morgan fingerprint density at radius 2 is 2.08 bits per heavy atom. The van der Waals surface area contributed by atoms with Gasteiger partial charge in [0.15, 0.2) is 5.76 Å². The summed E-state index contributed by atoms with van der Waals surface area (Å²) < 4.78 is 19.5. The number of carbonyl (C=O) groups is 2. The lowest BCUT2D eigenvalue weighted by atomic mass is 9.97. The van der Waals surface area contributed by atoms with Gasteiger partial charge in [-0.3, -0.25) is 9.59 Å². The molecule has 2 amide bonds. The summed E-state index contributed by atoms with van der Waals surface area (Å²) in [6.45, 7) is 1.71. The summed E-state index contributed by atoms with van der Waals surface area (Å²) in [7, 11) is 0. The van der Waals surface area contributed by atoms with E-state index in [1.165, 1.54) is 6.07 Å². The average Bonchev–Trinajstić information content (AvgIpc) is 3.16. The summed E-state index contributed by atoms with van der Waals surface area (Å²) in [6.07, 6.45) is 1.48. The molecule has 0 bridgehead atoms.